The Labute approximate surface area is 117 Å². The number of ether oxygens (including phenoxy) is 1. The SMILES string of the molecule is CCOC(=O)c1cnn(-c2ccccc2[C@@H](O)CC)c1. The molecule has 1 N–H and O–H groups in total. The van der Waals surface area contributed by atoms with Gasteiger partial charge in [0, 0.05) is 11.8 Å². The quantitative estimate of drug-likeness (QED) is 0.851. The van der Waals surface area contributed by atoms with Crippen LogP contribution in [0.3, 0.4) is 0 Å². The summed E-state index contributed by atoms with van der Waals surface area (Å²) >= 11 is 0. The number of aliphatic hydroxyl groups is 1. The zero-order chi connectivity index (χ0) is 14.5. The standard InChI is InChI=1S/C15H18N2O3/c1-3-14(18)12-7-5-6-8-13(12)17-10-11(9-16-17)15(19)20-4-2/h5-10,14,18H,3-4H2,1-2H3/t14-/m0/s1. The maximum absolute atomic E-state index is 11.6. The van der Waals surface area contributed by atoms with E-state index in [1.54, 1.807) is 17.8 Å². The number of carbonyl (C=O) groups excluding carboxylic acids is 1. The highest BCUT2D eigenvalue weighted by Crippen LogP contribution is 2.23. The van der Waals surface area contributed by atoms with E-state index in [0.29, 0.717) is 18.6 Å². The van der Waals surface area contributed by atoms with Gasteiger partial charge >= 0.3 is 5.97 Å². The molecule has 0 fully saturated rings. The van der Waals surface area contributed by atoms with Crippen LogP contribution in [0.2, 0.25) is 0 Å². The smallest absolute Gasteiger partial charge is 0.341 e. The highest BCUT2D eigenvalue weighted by molar-refractivity contribution is 5.88. The van der Waals surface area contributed by atoms with Crippen LogP contribution in [0, 0.1) is 0 Å². The molecule has 2 rings (SSSR count). The molecule has 5 heteroatoms. The minimum absolute atomic E-state index is 0.329. The Morgan fingerprint density at radius 2 is 2.15 bits per heavy atom. The van der Waals surface area contributed by atoms with Gasteiger partial charge in [-0.25, -0.2) is 9.48 Å². The molecular formula is C15H18N2O3. The lowest BCUT2D eigenvalue weighted by Crippen LogP contribution is -2.05. The Hall–Kier alpha value is -2.14. The second kappa shape index (κ2) is 6.34. The molecule has 0 aliphatic heterocycles. The van der Waals surface area contributed by atoms with Gasteiger partial charge in [-0.15, -0.1) is 0 Å². The van der Waals surface area contributed by atoms with Crippen LogP contribution in [0.5, 0.6) is 0 Å². The Balaban J connectivity index is 2.35. The largest absolute Gasteiger partial charge is 0.462 e. The molecule has 5 nitrogen and oxygen atoms in total. The summed E-state index contributed by atoms with van der Waals surface area (Å²) in [7, 11) is 0. The molecule has 0 aliphatic rings. The average molecular weight is 274 g/mol. The average Bonchev–Trinajstić information content (AvgIpc) is 2.96. The van der Waals surface area contributed by atoms with Gasteiger partial charge in [-0.3, -0.25) is 0 Å². The van der Waals surface area contributed by atoms with E-state index < -0.39 is 12.1 Å². The number of aliphatic hydroxyl groups excluding tert-OH is 1. The topological polar surface area (TPSA) is 64.3 Å². The molecule has 1 aromatic heterocycles. The predicted molar refractivity (Wildman–Crippen MR) is 74.8 cm³/mol. The number of para-hydroxylation sites is 1. The second-order valence-electron chi connectivity index (χ2n) is 4.38. The summed E-state index contributed by atoms with van der Waals surface area (Å²) in [4.78, 5) is 11.6. The summed E-state index contributed by atoms with van der Waals surface area (Å²) in [5, 5.41) is 14.2. The number of benzene rings is 1. The Morgan fingerprint density at radius 1 is 1.40 bits per heavy atom. The molecule has 2 aromatic rings. The van der Waals surface area contributed by atoms with Crippen LogP contribution in [0.15, 0.2) is 36.7 Å². The monoisotopic (exact) mass is 274 g/mol. The summed E-state index contributed by atoms with van der Waals surface area (Å²) in [6.07, 6.45) is 3.14. The van der Waals surface area contributed by atoms with Gasteiger partial charge in [0.2, 0.25) is 0 Å². The molecular weight excluding hydrogens is 256 g/mol. The fourth-order valence-electron chi connectivity index (χ4n) is 1.97. The number of rotatable bonds is 5. The van der Waals surface area contributed by atoms with Gasteiger partial charge < -0.3 is 9.84 Å². The highest BCUT2D eigenvalue weighted by atomic mass is 16.5. The molecule has 0 bridgehead atoms. The van der Waals surface area contributed by atoms with E-state index in [1.807, 2.05) is 31.2 Å². The van der Waals surface area contributed by atoms with E-state index in [4.69, 9.17) is 4.74 Å². The van der Waals surface area contributed by atoms with Crippen LogP contribution >= 0.6 is 0 Å². The zero-order valence-corrected chi connectivity index (χ0v) is 11.6. The van der Waals surface area contributed by atoms with Crippen LogP contribution in [0.4, 0.5) is 0 Å². The third-order valence-corrected chi connectivity index (χ3v) is 3.02. The molecule has 0 aliphatic carbocycles. The van der Waals surface area contributed by atoms with Gasteiger partial charge in [-0.05, 0) is 19.4 Å². The van der Waals surface area contributed by atoms with Crippen LogP contribution in [0.1, 0.15) is 42.3 Å². The van der Waals surface area contributed by atoms with E-state index >= 15 is 0 Å². The van der Waals surface area contributed by atoms with Crippen molar-refractivity contribution in [2.75, 3.05) is 6.61 Å². The molecule has 0 saturated carbocycles. The van der Waals surface area contributed by atoms with Crippen molar-refractivity contribution in [2.24, 2.45) is 0 Å². The fourth-order valence-corrected chi connectivity index (χ4v) is 1.97. The van der Waals surface area contributed by atoms with E-state index in [0.717, 1.165) is 11.3 Å². The molecule has 1 aromatic carbocycles. The molecule has 1 atom stereocenters. The van der Waals surface area contributed by atoms with Crippen molar-refractivity contribution in [3.8, 4) is 5.69 Å². The number of nitrogens with zero attached hydrogens (tertiary/aromatic N) is 2. The molecule has 106 valence electrons. The van der Waals surface area contributed by atoms with Crippen molar-refractivity contribution in [1.82, 2.24) is 9.78 Å². The number of carbonyl (C=O) groups is 1. The van der Waals surface area contributed by atoms with E-state index in [1.165, 1.54) is 6.20 Å². The zero-order valence-electron chi connectivity index (χ0n) is 11.6. The Morgan fingerprint density at radius 3 is 2.85 bits per heavy atom. The molecule has 0 spiro atoms. The summed E-state index contributed by atoms with van der Waals surface area (Å²) in [6.45, 7) is 4.00. The van der Waals surface area contributed by atoms with Crippen LogP contribution in [-0.4, -0.2) is 27.5 Å². The summed E-state index contributed by atoms with van der Waals surface area (Å²) in [5.41, 5.74) is 1.94. The summed E-state index contributed by atoms with van der Waals surface area (Å²) in [6, 6.07) is 7.45. The lowest BCUT2D eigenvalue weighted by molar-refractivity contribution is 0.0526. The molecule has 0 saturated heterocycles. The third-order valence-electron chi connectivity index (χ3n) is 3.02. The van der Waals surface area contributed by atoms with Crippen molar-refractivity contribution in [3.63, 3.8) is 0 Å². The van der Waals surface area contributed by atoms with E-state index in [-0.39, 0.29) is 0 Å². The number of esters is 1. The minimum Gasteiger partial charge on any atom is -0.462 e. The van der Waals surface area contributed by atoms with Gasteiger partial charge in [0.15, 0.2) is 0 Å². The lowest BCUT2D eigenvalue weighted by Gasteiger charge is -2.13. The fraction of sp³-hybridized carbons (Fsp3) is 0.333. The first kappa shape index (κ1) is 14.3. The minimum atomic E-state index is -0.554. The van der Waals surface area contributed by atoms with Crippen LogP contribution < -0.4 is 0 Å². The van der Waals surface area contributed by atoms with Crippen molar-refractivity contribution in [3.05, 3.63) is 47.8 Å². The summed E-state index contributed by atoms with van der Waals surface area (Å²) < 4.78 is 6.52. The Kier molecular flexibility index (Phi) is 4.53. The van der Waals surface area contributed by atoms with Gasteiger partial charge in [-0.2, -0.15) is 5.10 Å². The number of hydrogen-bond acceptors (Lipinski definition) is 4. The van der Waals surface area contributed by atoms with Crippen LogP contribution in [-0.2, 0) is 4.74 Å². The van der Waals surface area contributed by atoms with Crippen molar-refractivity contribution >= 4 is 5.97 Å². The van der Waals surface area contributed by atoms with E-state index in [2.05, 4.69) is 5.10 Å². The first-order chi connectivity index (χ1) is 9.67. The number of aromatic nitrogens is 2. The van der Waals surface area contributed by atoms with Crippen LogP contribution in [0.25, 0.3) is 5.69 Å². The molecule has 0 amide bonds. The first-order valence-corrected chi connectivity index (χ1v) is 6.66. The van der Waals surface area contributed by atoms with Gasteiger partial charge in [0.25, 0.3) is 0 Å². The Bertz CT molecular complexity index is 592. The maximum Gasteiger partial charge on any atom is 0.341 e. The molecule has 0 unspecified atom stereocenters. The van der Waals surface area contributed by atoms with Crippen molar-refractivity contribution < 1.29 is 14.6 Å². The van der Waals surface area contributed by atoms with Crippen molar-refractivity contribution in [2.45, 2.75) is 26.4 Å². The maximum atomic E-state index is 11.6. The van der Waals surface area contributed by atoms with E-state index in [9.17, 15) is 9.90 Å². The van der Waals surface area contributed by atoms with Crippen molar-refractivity contribution in [1.29, 1.82) is 0 Å². The van der Waals surface area contributed by atoms with Gasteiger partial charge in [0.1, 0.15) is 0 Å². The third kappa shape index (κ3) is 2.88. The first-order valence-electron chi connectivity index (χ1n) is 6.66. The predicted octanol–water partition coefficient (Wildman–Crippen LogP) is 2.49. The molecule has 0 radical (unpaired) electrons. The molecule has 1 heterocycles. The second-order valence-corrected chi connectivity index (χ2v) is 4.38. The van der Waals surface area contributed by atoms with Gasteiger partial charge in [-0.1, -0.05) is 25.1 Å². The summed E-state index contributed by atoms with van der Waals surface area (Å²) in [5.74, 6) is -0.396. The number of hydrogen-bond donors (Lipinski definition) is 1. The molecule has 20 heavy (non-hydrogen) atoms. The lowest BCUT2D eigenvalue weighted by atomic mass is 10.1. The highest BCUT2D eigenvalue weighted by Gasteiger charge is 2.14. The normalized spacial score (nSPS) is 12.2. The van der Waals surface area contributed by atoms with Gasteiger partial charge in [0.05, 0.1) is 30.2 Å².